The van der Waals surface area contributed by atoms with E-state index in [0.717, 1.165) is 35.1 Å². The smallest absolute Gasteiger partial charge is 0.321 e. The molecule has 0 fully saturated rings. The number of aryl methyl sites for hydroxylation is 3. The third-order valence-electron chi connectivity index (χ3n) is 6.66. The number of benzene rings is 2. The number of fused-ring (bicyclic) bond motifs is 2. The number of hydrogen-bond donors (Lipinski definition) is 2. The van der Waals surface area contributed by atoms with Gasteiger partial charge >= 0.3 is 5.69 Å². The van der Waals surface area contributed by atoms with E-state index >= 15 is 0 Å². The van der Waals surface area contributed by atoms with E-state index in [-0.39, 0.29) is 5.69 Å². The lowest BCUT2D eigenvalue weighted by Crippen LogP contribution is -2.30. The minimum absolute atomic E-state index is 0.186. The Bertz CT molecular complexity index is 1370. The first-order chi connectivity index (χ1) is 17.0. The predicted molar refractivity (Wildman–Crippen MR) is 141 cm³/mol. The second kappa shape index (κ2) is 11.4. The van der Waals surface area contributed by atoms with Crippen molar-refractivity contribution in [2.45, 2.75) is 72.4 Å². The standard InChI is InChI=1S/C28H35N5O2/c1-4-5-6-7-8-9-21-10-12-22(13-11-21)18-29-14-15-33-24-17-20(3)19(2)16-23(24)30-25-26(33)31-28(35)32-27(25)34/h10-13,16-17,29H,4-9,14-15,18H2,1-3H3,(H,32,34,35). The Morgan fingerprint density at radius 1 is 0.914 bits per heavy atom. The summed E-state index contributed by atoms with van der Waals surface area (Å²) in [4.78, 5) is 35.2. The molecular weight excluding hydrogens is 438 g/mol. The van der Waals surface area contributed by atoms with Gasteiger partial charge in [-0.1, -0.05) is 56.9 Å². The number of hydrogen-bond acceptors (Lipinski definition) is 5. The van der Waals surface area contributed by atoms with E-state index in [9.17, 15) is 9.59 Å². The maximum absolute atomic E-state index is 12.4. The second-order valence-corrected chi connectivity index (χ2v) is 9.39. The van der Waals surface area contributed by atoms with E-state index < -0.39 is 11.2 Å². The van der Waals surface area contributed by atoms with Crippen LogP contribution in [0.2, 0.25) is 0 Å². The van der Waals surface area contributed by atoms with Crippen LogP contribution >= 0.6 is 0 Å². The molecule has 0 bridgehead atoms. The van der Waals surface area contributed by atoms with E-state index in [4.69, 9.17) is 0 Å². The van der Waals surface area contributed by atoms with Crippen LogP contribution < -0.4 is 16.6 Å². The third-order valence-corrected chi connectivity index (χ3v) is 6.66. The minimum atomic E-state index is -0.653. The molecule has 184 valence electrons. The first-order valence-corrected chi connectivity index (χ1v) is 12.7. The van der Waals surface area contributed by atoms with Crippen molar-refractivity contribution in [2.24, 2.45) is 0 Å². The van der Waals surface area contributed by atoms with Crippen molar-refractivity contribution in [2.75, 3.05) is 6.54 Å². The van der Waals surface area contributed by atoms with Gasteiger partial charge in [-0.3, -0.25) is 9.78 Å². The molecule has 2 aromatic rings. The van der Waals surface area contributed by atoms with Gasteiger partial charge in [-0.15, -0.1) is 0 Å². The summed E-state index contributed by atoms with van der Waals surface area (Å²) < 4.78 is 1.93. The average molecular weight is 474 g/mol. The van der Waals surface area contributed by atoms with Gasteiger partial charge in [-0.2, -0.15) is 4.98 Å². The Morgan fingerprint density at radius 2 is 1.63 bits per heavy atom. The molecule has 0 unspecified atom stereocenters. The molecule has 2 aliphatic rings. The largest absolute Gasteiger partial charge is 0.349 e. The summed E-state index contributed by atoms with van der Waals surface area (Å²) in [7, 11) is 0. The number of H-pyrrole nitrogens is 1. The van der Waals surface area contributed by atoms with Gasteiger partial charge in [0.15, 0.2) is 11.5 Å². The van der Waals surface area contributed by atoms with Crippen molar-refractivity contribution in [3.63, 3.8) is 0 Å². The van der Waals surface area contributed by atoms with Crippen molar-refractivity contribution >= 4 is 11.0 Å². The molecule has 0 atom stereocenters. The molecule has 7 heteroatoms. The normalized spacial score (nSPS) is 11.5. The van der Waals surface area contributed by atoms with Crippen molar-refractivity contribution in [1.82, 2.24) is 24.8 Å². The van der Waals surface area contributed by atoms with Crippen LogP contribution in [0.25, 0.3) is 22.6 Å². The Labute approximate surface area is 206 Å². The van der Waals surface area contributed by atoms with Crippen LogP contribution in [-0.2, 0) is 19.5 Å². The number of aromatic nitrogens is 4. The lowest BCUT2D eigenvalue weighted by molar-refractivity contribution is 0.602. The Morgan fingerprint density at radius 3 is 2.40 bits per heavy atom. The number of unbranched alkanes of at least 4 members (excludes halogenated alkanes) is 4. The van der Waals surface area contributed by atoms with E-state index in [1.54, 1.807) is 0 Å². The predicted octanol–water partition coefficient (Wildman–Crippen LogP) is 4.50. The summed E-state index contributed by atoms with van der Waals surface area (Å²) in [5, 5.41) is 3.49. The van der Waals surface area contributed by atoms with Gasteiger partial charge in [0.2, 0.25) is 0 Å². The Kier molecular flexibility index (Phi) is 8.08. The van der Waals surface area contributed by atoms with Gasteiger partial charge in [0.1, 0.15) is 0 Å². The van der Waals surface area contributed by atoms with E-state index in [1.165, 1.54) is 43.2 Å². The van der Waals surface area contributed by atoms with E-state index in [1.807, 2.05) is 30.5 Å². The van der Waals surface area contributed by atoms with Crippen LogP contribution in [0, 0.1) is 13.8 Å². The molecule has 0 aromatic heterocycles. The third kappa shape index (κ3) is 6.03. The van der Waals surface area contributed by atoms with E-state index in [0.29, 0.717) is 18.9 Å². The van der Waals surface area contributed by atoms with Gasteiger partial charge in [0.05, 0.1) is 11.0 Å². The Balaban J connectivity index is 1.44. The maximum atomic E-state index is 12.4. The van der Waals surface area contributed by atoms with Gasteiger partial charge in [-0.05, 0) is 61.1 Å². The maximum Gasteiger partial charge on any atom is 0.349 e. The van der Waals surface area contributed by atoms with Crippen LogP contribution in [0.15, 0.2) is 46.0 Å². The molecule has 7 nitrogen and oxygen atoms in total. The summed E-state index contributed by atoms with van der Waals surface area (Å²) in [5.74, 6) is 0.319. The summed E-state index contributed by atoms with van der Waals surface area (Å²) >= 11 is 0. The zero-order valence-corrected chi connectivity index (χ0v) is 21.0. The molecule has 0 amide bonds. The fraction of sp³-hybridized carbons (Fsp3) is 0.429. The molecule has 0 saturated heterocycles. The molecule has 2 heterocycles. The number of aromatic amines is 1. The molecule has 35 heavy (non-hydrogen) atoms. The SMILES string of the molecule is CCCCCCCc1ccc(CNCCn2c3nc(=O)[nH]c(=O)c-3nc3cc(C)c(C)cc32)cc1. The summed E-state index contributed by atoms with van der Waals surface area (Å²) in [5.41, 5.74) is 5.46. The van der Waals surface area contributed by atoms with Crippen molar-refractivity contribution in [1.29, 1.82) is 0 Å². The molecule has 4 rings (SSSR count). The van der Waals surface area contributed by atoms with Crippen molar-refractivity contribution < 1.29 is 0 Å². The molecule has 0 radical (unpaired) electrons. The highest BCUT2D eigenvalue weighted by molar-refractivity contribution is 5.81. The molecule has 2 N–H and O–H groups in total. The zero-order valence-electron chi connectivity index (χ0n) is 21.0. The van der Waals surface area contributed by atoms with Crippen LogP contribution in [0.1, 0.15) is 61.3 Å². The lowest BCUT2D eigenvalue weighted by Gasteiger charge is -2.18. The molecule has 0 saturated carbocycles. The summed E-state index contributed by atoms with van der Waals surface area (Å²) in [6, 6.07) is 12.9. The average Bonchev–Trinajstić information content (AvgIpc) is 2.83. The monoisotopic (exact) mass is 473 g/mol. The molecule has 2 aromatic carbocycles. The zero-order chi connectivity index (χ0) is 24.8. The molecule has 0 aliphatic carbocycles. The first-order valence-electron chi connectivity index (χ1n) is 12.7. The molecule has 0 spiro atoms. The number of nitrogens with zero attached hydrogens (tertiary/aromatic N) is 3. The molecular formula is C28H35N5O2. The quantitative estimate of drug-likeness (QED) is 0.247. The highest BCUT2D eigenvalue weighted by Gasteiger charge is 2.19. The van der Waals surface area contributed by atoms with E-state index in [2.05, 4.69) is 51.5 Å². The van der Waals surface area contributed by atoms with Gasteiger partial charge in [-0.25, -0.2) is 9.78 Å². The summed E-state index contributed by atoms with van der Waals surface area (Å²) in [6.45, 7) is 8.28. The highest BCUT2D eigenvalue weighted by atomic mass is 16.2. The fourth-order valence-corrected chi connectivity index (χ4v) is 4.46. The van der Waals surface area contributed by atoms with Gasteiger partial charge < -0.3 is 9.88 Å². The number of nitrogens with one attached hydrogen (secondary N) is 2. The topological polar surface area (TPSA) is 92.7 Å². The van der Waals surface area contributed by atoms with Crippen LogP contribution in [0.5, 0.6) is 0 Å². The fourth-order valence-electron chi connectivity index (χ4n) is 4.46. The minimum Gasteiger partial charge on any atom is -0.321 e. The Hall–Kier alpha value is -3.32. The summed E-state index contributed by atoms with van der Waals surface area (Å²) in [6.07, 6.45) is 7.64. The van der Waals surface area contributed by atoms with Crippen LogP contribution in [0.4, 0.5) is 0 Å². The highest BCUT2D eigenvalue weighted by Crippen LogP contribution is 2.23. The van der Waals surface area contributed by atoms with Crippen molar-refractivity contribution in [3.8, 4) is 11.5 Å². The van der Waals surface area contributed by atoms with Gasteiger partial charge in [0.25, 0.3) is 5.56 Å². The number of rotatable bonds is 11. The first kappa shape index (κ1) is 24.8. The molecule has 2 aliphatic heterocycles. The van der Waals surface area contributed by atoms with Crippen LogP contribution in [-0.4, -0.2) is 26.1 Å². The van der Waals surface area contributed by atoms with Crippen molar-refractivity contribution in [3.05, 3.63) is 79.5 Å². The lowest BCUT2D eigenvalue weighted by atomic mass is 10.0. The van der Waals surface area contributed by atoms with Gasteiger partial charge in [0, 0.05) is 19.6 Å². The van der Waals surface area contributed by atoms with Crippen LogP contribution in [0.3, 0.4) is 0 Å². The second-order valence-electron chi connectivity index (χ2n) is 9.39.